The van der Waals surface area contributed by atoms with Gasteiger partial charge in [-0.25, -0.2) is 13.1 Å². The van der Waals surface area contributed by atoms with E-state index in [9.17, 15) is 28.6 Å². The average Bonchev–Trinajstić information content (AvgIpc) is 2.78. The zero-order valence-corrected chi connectivity index (χ0v) is 17.9. The first-order valence-corrected chi connectivity index (χ1v) is 10.8. The first-order chi connectivity index (χ1) is 15.7. The number of nitrogens with one attached hydrogen (secondary N) is 3. The number of nitro groups is 2. The maximum Gasteiger partial charge on any atom is 0.280 e. The minimum absolute atomic E-state index is 0.112. The van der Waals surface area contributed by atoms with E-state index in [1.165, 1.54) is 6.92 Å². The second-order valence-electron chi connectivity index (χ2n) is 6.59. The van der Waals surface area contributed by atoms with E-state index in [4.69, 9.17) is 0 Å². The smallest absolute Gasteiger partial charge is 0.280 e. The molecule has 0 aliphatic heterocycles. The fourth-order valence-corrected chi connectivity index (χ4v) is 3.80. The van der Waals surface area contributed by atoms with Crippen molar-refractivity contribution >= 4 is 38.7 Å². The summed E-state index contributed by atoms with van der Waals surface area (Å²) in [5.74, 6) is 0.881. The minimum Gasteiger partial charge on any atom is -0.367 e. The van der Waals surface area contributed by atoms with Crippen LogP contribution < -0.4 is 15.4 Å². The van der Waals surface area contributed by atoms with E-state index in [0.29, 0.717) is 11.6 Å². The molecule has 1 aromatic carbocycles. The van der Waals surface area contributed by atoms with Crippen molar-refractivity contribution in [3.05, 3.63) is 74.6 Å². The van der Waals surface area contributed by atoms with Crippen molar-refractivity contribution in [3.8, 4) is 0 Å². The fraction of sp³-hybridized carbons (Fsp3) is 0.167. The van der Waals surface area contributed by atoms with Gasteiger partial charge in [-0.3, -0.25) is 25.2 Å². The Labute approximate surface area is 187 Å². The fourth-order valence-electron chi connectivity index (χ4n) is 2.73. The highest BCUT2D eigenvalue weighted by molar-refractivity contribution is 7.89. The first kappa shape index (κ1) is 23.4. The van der Waals surface area contributed by atoms with Crippen LogP contribution in [0.2, 0.25) is 0 Å². The number of rotatable bonds is 10. The van der Waals surface area contributed by atoms with Gasteiger partial charge in [0, 0.05) is 43.3 Å². The summed E-state index contributed by atoms with van der Waals surface area (Å²) >= 11 is 0. The van der Waals surface area contributed by atoms with E-state index >= 15 is 0 Å². The molecule has 172 valence electrons. The van der Waals surface area contributed by atoms with Gasteiger partial charge in [-0.1, -0.05) is 0 Å². The Morgan fingerprint density at radius 2 is 1.48 bits per heavy atom. The number of hydrogen-bond donors (Lipinski definition) is 3. The molecule has 0 radical (unpaired) electrons. The Morgan fingerprint density at radius 1 is 0.909 bits per heavy atom. The molecule has 3 aromatic rings. The van der Waals surface area contributed by atoms with Gasteiger partial charge >= 0.3 is 0 Å². The zero-order chi connectivity index (χ0) is 24.0. The van der Waals surface area contributed by atoms with Crippen LogP contribution in [0.5, 0.6) is 0 Å². The lowest BCUT2D eigenvalue weighted by atomic mass is 10.1. The topological polar surface area (TPSA) is 195 Å². The monoisotopic (exact) mass is 474 g/mol. The first-order valence-electron chi connectivity index (χ1n) is 9.35. The quantitative estimate of drug-likeness (QED) is 0.221. The van der Waals surface area contributed by atoms with Gasteiger partial charge in [-0.15, -0.1) is 10.2 Å². The van der Waals surface area contributed by atoms with Crippen LogP contribution in [-0.2, 0) is 10.0 Å². The minimum atomic E-state index is -4.23. The van der Waals surface area contributed by atoms with Gasteiger partial charge in [0.1, 0.15) is 11.4 Å². The number of benzene rings is 1. The van der Waals surface area contributed by atoms with Gasteiger partial charge in [0.15, 0.2) is 5.82 Å². The van der Waals surface area contributed by atoms with Gasteiger partial charge < -0.3 is 10.6 Å². The molecule has 0 atom stereocenters. The number of aromatic nitrogens is 3. The Hall–Kier alpha value is -4.24. The third kappa shape index (κ3) is 5.92. The highest BCUT2D eigenvalue weighted by atomic mass is 32.2. The molecule has 0 saturated carbocycles. The Balaban J connectivity index is 1.60. The van der Waals surface area contributed by atoms with Crippen molar-refractivity contribution < 1.29 is 18.3 Å². The molecule has 0 amide bonds. The van der Waals surface area contributed by atoms with E-state index in [0.717, 1.165) is 17.8 Å². The van der Waals surface area contributed by atoms with Crippen LogP contribution in [0, 0.1) is 27.2 Å². The van der Waals surface area contributed by atoms with Crippen LogP contribution in [-0.4, -0.2) is 46.5 Å². The molecule has 15 heteroatoms. The van der Waals surface area contributed by atoms with Crippen molar-refractivity contribution in [3.63, 3.8) is 0 Å². The lowest BCUT2D eigenvalue weighted by Crippen LogP contribution is -2.29. The second-order valence-corrected chi connectivity index (χ2v) is 8.36. The molecule has 3 N–H and O–H groups in total. The summed E-state index contributed by atoms with van der Waals surface area (Å²) in [6.45, 7) is 1.18. The molecule has 0 spiro atoms. The van der Waals surface area contributed by atoms with Gasteiger partial charge in [-0.05, 0) is 31.2 Å². The van der Waals surface area contributed by atoms with Crippen LogP contribution >= 0.6 is 0 Å². The Kier molecular flexibility index (Phi) is 7.04. The highest BCUT2D eigenvalue weighted by Gasteiger charge is 2.27. The van der Waals surface area contributed by atoms with Crippen molar-refractivity contribution in [2.75, 3.05) is 23.7 Å². The molecular formula is C18H18N8O6S. The molecule has 0 bridgehead atoms. The number of nitro benzene ring substituents is 2. The third-order valence-corrected chi connectivity index (χ3v) is 5.81. The predicted octanol–water partition coefficient (Wildman–Crippen LogP) is 2.13. The number of anilines is 3. The summed E-state index contributed by atoms with van der Waals surface area (Å²) in [6.07, 6.45) is 3.25. The third-order valence-electron chi connectivity index (χ3n) is 4.37. The normalized spacial score (nSPS) is 11.1. The van der Waals surface area contributed by atoms with Crippen LogP contribution in [0.3, 0.4) is 0 Å². The molecule has 0 unspecified atom stereocenters. The summed E-state index contributed by atoms with van der Waals surface area (Å²) in [5.41, 5.74) is -0.756. The van der Waals surface area contributed by atoms with Crippen LogP contribution in [0.15, 0.2) is 53.7 Å². The molecule has 14 nitrogen and oxygen atoms in total. The summed E-state index contributed by atoms with van der Waals surface area (Å²) in [6, 6.07) is 8.41. The van der Waals surface area contributed by atoms with Gasteiger partial charge in [0.25, 0.3) is 11.4 Å². The van der Waals surface area contributed by atoms with Crippen molar-refractivity contribution in [1.82, 2.24) is 19.9 Å². The summed E-state index contributed by atoms with van der Waals surface area (Å²) < 4.78 is 27.2. The SMILES string of the molecule is Cc1c([N+](=O)[O-])cc(S(=O)(=O)NCCNc2ccc(Nc3ccncc3)nn2)cc1[N+](=O)[O-]. The van der Waals surface area contributed by atoms with Crippen LogP contribution in [0.25, 0.3) is 0 Å². The predicted molar refractivity (Wildman–Crippen MR) is 118 cm³/mol. The zero-order valence-electron chi connectivity index (χ0n) is 17.1. The molecular weight excluding hydrogens is 456 g/mol. The molecule has 0 saturated heterocycles. The van der Waals surface area contributed by atoms with E-state index in [1.807, 2.05) is 0 Å². The highest BCUT2D eigenvalue weighted by Crippen LogP contribution is 2.31. The summed E-state index contributed by atoms with van der Waals surface area (Å²) in [5, 5.41) is 36.2. The number of sulfonamides is 1. The summed E-state index contributed by atoms with van der Waals surface area (Å²) in [7, 11) is -4.23. The molecule has 3 rings (SSSR count). The average molecular weight is 474 g/mol. The number of hydrogen-bond acceptors (Lipinski definition) is 11. The van der Waals surface area contributed by atoms with Gasteiger partial charge in [0.05, 0.1) is 14.7 Å². The maximum atomic E-state index is 12.5. The van der Waals surface area contributed by atoms with E-state index < -0.39 is 36.1 Å². The van der Waals surface area contributed by atoms with E-state index in [2.05, 4.69) is 30.5 Å². The molecule has 0 fully saturated rings. The van der Waals surface area contributed by atoms with Crippen LogP contribution in [0.1, 0.15) is 5.56 Å². The van der Waals surface area contributed by atoms with Gasteiger partial charge in [-0.2, -0.15) is 0 Å². The molecule has 33 heavy (non-hydrogen) atoms. The van der Waals surface area contributed by atoms with Crippen molar-refractivity contribution in [2.45, 2.75) is 11.8 Å². The lowest BCUT2D eigenvalue weighted by Gasteiger charge is -2.09. The largest absolute Gasteiger partial charge is 0.367 e. The van der Waals surface area contributed by atoms with Crippen molar-refractivity contribution in [1.29, 1.82) is 0 Å². The Bertz CT molecular complexity index is 1230. The number of nitrogens with zero attached hydrogens (tertiary/aromatic N) is 5. The van der Waals surface area contributed by atoms with Gasteiger partial charge in [0.2, 0.25) is 10.0 Å². The molecule has 0 aliphatic rings. The van der Waals surface area contributed by atoms with Crippen molar-refractivity contribution in [2.24, 2.45) is 0 Å². The molecule has 2 heterocycles. The van der Waals surface area contributed by atoms with Crippen LogP contribution in [0.4, 0.5) is 28.7 Å². The summed E-state index contributed by atoms with van der Waals surface area (Å²) in [4.78, 5) is 23.9. The number of pyridine rings is 1. The Morgan fingerprint density at radius 3 is 2.03 bits per heavy atom. The van der Waals surface area contributed by atoms with E-state index in [1.54, 1.807) is 36.7 Å². The van der Waals surface area contributed by atoms with E-state index in [-0.39, 0.29) is 18.7 Å². The maximum absolute atomic E-state index is 12.5. The lowest BCUT2D eigenvalue weighted by molar-refractivity contribution is -0.395. The standard InChI is InChI=1S/C18H18N8O6S/c1-12-15(25(27)28)10-14(11-16(12)26(29)30)33(31,32)21-9-8-20-17-2-3-18(24-23-17)22-13-4-6-19-7-5-13/h2-7,10-11,21H,8-9H2,1H3,(H,20,23)(H,19,22,24). The second kappa shape index (κ2) is 9.92. The molecule has 0 aliphatic carbocycles. The molecule has 2 aromatic heterocycles.